The summed E-state index contributed by atoms with van der Waals surface area (Å²) in [6, 6.07) is 11.2. The zero-order valence-corrected chi connectivity index (χ0v) is 14.7. The summed E-state index contributed by atoms with van der Waals surface area (Å²) in [7, 11) is 0. The van der Waals surface area contributed by atoms with Crippen LogP contribution in [0, 0.1) is 11.7 Å². The zero-order valence-electron chi connectivity index (χ0n) is 14.7. The van der Waals surface area contributed by atoms with Gasteiger partial charge in [-0.15, -0.1) is 0 Å². The lowest BCUT2D eigenvalue weighted by molar-refractivity contribution is 0.287. The predicted molar refractivity (Wildman–Crippen MR) is 102 cm³/mol. The van der Waals surface area contributed by atoms with E-state index in [0.29, 0.717) is 11.8 Å². The molecule has 2 atom stereocenters. The molecule has 3 nitrogen and oxygen atoms in total. The second-order valence-corrected chi connectivity index (χ2v) is 7.49. The van der Waals surface area contributed by atoms with Crippen LogP contribution in [0.1, 0.15) is 29.9 Å². The van der Waals surface area contributed by atoms with Gasteiger partial charge in [-0.3, -0.25) is 4.90 Å². The summed E-state index contributed by atoms with van der Waals surface area (Å²) in [5.41, 5.74) is 4.97. The molecule has 1 aliphatic heterocycles. The van der Waals surface area contributed by atoms with Crippen molar-refractivity contribution in [2.75, 3.05) is 19.6 Å². The molecule has 2 unspecified atom stereocenters. The zero-order chi connectivity index (χ0) is 17.5. The quantitative estimate of drug-likeness (QED) is 0.748. The van der Waals surface area contributed by atoms with Crippen molar-refractivity contribution < 1.29 is 4.39 Å². The van der Waals surface area contributed by atoms with Crippen LogP contribution < -0.4 is 0 Å². The van der Waals surface area contributed by atoms with Crippen molar-refractivity contribution in [3.05, 3.63) is 71.8 Å². The van der Waals surface area contributed by atoms with Crippen LogP contribution in [0.4, 0.5) is 4.39 Å². The fourth-order valence-electron chi connectivity index (χ4n) is 4.24. The molecule has 1 aliphatic carbocycles. The Morgan fingerprint density at radius 2 is 2.08 bits per heavy atom. The number of aromatic amines is 1. The minimum absolute atomic E-state index is 0.146. The molecular weight excluding hydrogens is 325 g/mol. The number of H-pyrrole nitrogens is 1. The summed E-state index contributed by atoms with van der Waals surface area (Å²) in [6.45, 7) is 3.25. The maximum absolute atomic E-state index is 13.1. The highest BCUT2D eigenvalue weighted by Crippen LogP contribution is 2.48. The van der Waals surface area contributed by atoms with Crippen molar-refractivity contribution in [3.8, 4) is 0 Å². The number of rotatable bonds is 4. The van der Waals surface area contributed by atoms with E-state index in [1.807, 2.05) is 24.4 Å². The fourth-order valence-corrected chi connectivity index (χ4v) is 4.24. The smallest absolute Gasteiger partial charge is 0.137 e. The molecule has 2 aromatic heterocycles. The van der Waals surface area contributed by atoms with Crippen molar-refractivity contribution in [1.29, 1.82) is 0 Å². The van der Waals surface area contributed by atoms with Gasteiger partial charge in [0, 0.05) is 43.0 Å². The molecule has 5 rings (SSSR count). The highest BCUT2D eigenvalue weighted by atomic mass is 19.1. The third kappa shape index (κ3) is 2.95. The number of hydrogen-bond acceptors (Lipinski definition) is 2. The summed E-state index contributed by atoms with van der Waals surface area (Å²) in [5, 5.41) is 1.21. The molecule has 1 fully saturated rings. The predicted octanol–water partition coefficient (Wildman–Crippen LogP) is 4.59. The standard InChI is InChI=1S/C22H22FN3/c23-18-5-3-15(4-6-18)20-12-17(20)14-26-10-7-16(8-11-26)21-13-25-22-19(21)2-1-9-24-22/h1-7,9,13,17,20H,8,10-12,14H2,(H,24,25). The number of pyridine rings is 1. The molecule has 4 heteroatoms. The van der Waals surface area contributed by atoms with Gasteiger partial charge in [-0.1, -0.05) is 18.2 Å². The summed E-state index contributed by atoms with van der Waals surface area (Å²) >= 11 is 0. The van der Waals surface area contributed by atoms with Gasteiger partial charge in [-0.05, 0) is 60.1 Å². The Morgan fingerprint density at radius 3 is 2.88 bits per heavy atom. The van der Waals surface area contributed by atoms with Crippen LogP contribution in [0.5, 0.6) is 0 Å². The van der Waals surface area contributed by atoms with Gasteiger partial charge >= 0.3 is 0 Å². The third-order valence-corrected chi connectivity index (χ3v) is 5.80. The van der Waals surface area contributed by atoms with E-state index < -0.39 is 0 Å². The molecule has 2 aliphatic rings. The first-order chi connectivity index (χ1) is 12.8. The summed E-state index contributed by atoms with van der Waals surface area (Å²) in [6.07, 6.45) is 8.59. The third-order valence-electron chi connectivity index (χ3n) is 5.80. The molecule has 0 radical (unpaired) electrons. The molecule has 3 heterocycles. The van der Waals surface area contributed by atoms with Crippen LogP contribution in [-0.2, 0) is 0 Å². The minimum Gasteiger partial charge on any atom is -0.346 e. The van der Waals surface area contributed by atoms with E-state index in [4.69, 9.17) is 0 Å². The maximum Gasteiger partial charge on any atom is 0.137 e. The lowest BCUT2D eigenvalue weighted by Gasteiger charge is -2.26. The molecule has 0 amide bonds. The molecular formula is C22H22FN3. The van der Waals surface area contributed by atoms with E-state index in [1.165, 1.54) is 28.5 Å². The van der Waals surface area contributed by atoms with Crippen molar-refractivity contribution >= 4 is 16.6 Å². The van der Waals surface area contributed by atoms with E-state index in [1.54, 1.807) is 12.1 Å². The first-order valence-electron chi connectivity index (χ1n) is 9.37. The average molecular weight is 347 g/mol. The van der Waals surface area contributed by atoms with Gasteiger partial charge in [0.2, 0.25) is 0 Å². The van der Waals surface area contributed by atoms with E-state index in [-0.39, 0.29) is 5.82 Å². The van der Waals surface area contributed by atoms with Gasteiger partial charge in [-0.2, -0.15) is 0 Å². The monoisotopic (exact) mass is 347 g/mol. The fraction of sp³-hybridized carbons (Fsp3) is 0.318. The number of benzene rings is 1. The van der Waals surface area contributed by atoms with Gasteiger partial charge in [0.1, 0.15) is 11.5 Å². The highest BCUT2D eigenvalue weighted by Gasteiger charge is 2.39. The molecule has 132 valence electrons. The number of nitrogens with one attached hydrogen (secondary N) is 1. The first kappa shape index (κ1) is 15.8. The first-order valence-corrected chi connectivity index (χ1v) is 9.37. The average Bonchev–Trinajstić information content (AvgIpc) is 3.30. The summed E-state index contributed by atoms with van der Waals surface area (Å²) in [4.78, 5) is 10.2. The van der Waals surface area contributed by atoms with Crippen LogP contribution in [0.3, 0.4) is 0 Å². The molecule has 0 spiro atoms. The number of aromatic nitrogens is 2. The van der Waals surface area contributed by atoms with Crippen LogP contribution in [0.25, 0.3) is 16.6 Å². The van der Waals surface area contributed by atoms with Crippen LogP contribution in [-0.4, -0.2) is 34.5 Å². The van der Waals surface area contributed by atoms with Gasteiger partial charge in [0.05, 0.1) is 0 Å². The summed E-state index contributed by atoms with van der Waals surface area (Å²) < 4.78 is 13.1. The van der Waals surface area contributed by atoms with Gasteiger partial charge in [-0.25, -0.2) is 9.37 Å². The molecule has 1 saturated carbocycles. The topological polar surface area (TPSA) is 31.9 Å². The van der Waals surface area contributed by atoms with Gasteiger partial charge < -0.3 is 4.98 Å². The molecule has 1 aromatic carbocycles. The number of fused-ring (bicyclic) bond motifs is 1. The Hall–Kier alpha value is -2.46. The van der Waals surface area contributed by atoms with Crippen molar-refractivity contribution in [2.45, 2.75) is 18.8 Å². The second-order valence-electron chi connectivity index (χ2n) is 7.49. The van der Waals surface area contributed by atoms with Gasteiger partial charge in [0.25, 0.3) is 0 Å². The molecule has 26 heavy (non-hydrogen) atoms. The van der Waals surface area contributed by atoms with Crippen LogP contribution >= 0.6 is 0 Å². The van der Waals surface area contributed by atoms with E-state index in [0.717, 1.165) is 31.7 Å². The van der Waals surface area contributed by atoms with E-state index in [9.17, 15) is 4.39 Å². The number of halogens is 1. The number of nitrogens with zero attached hydrogens (tertiary/aromatic N) is 2. The molecule has 1 N–H and O–H groups in total. The Bertz CT molecular complexity index is 957. The van der Waals surface area contributed by atoms with E-state index in [2.05, 4.69) is 33.2 Å². The SMILES string of the molecule is Fc1ccc(C2CC2CN2CC=C(c3c[nH]c4ncccc34)CC2)cc1. The molecule has 0 bridgehead atoms. The lowest BCUT2D eigenvalue weighted by atomic mass is 9.99. The van der Waals surface area contributed by atoms with Gasteiger partial charge in [0.15, 0.2) is 0 Å². The highest BCUT2D eigenvalue weighted by molar-refractivity contribution is 5.90. The molecule has 3 aromatic rings. The Balaban J connectivity index is 1.23. The van der Waals surface area contributed by atoms with Crippen LogP contribution in [0.2, 0.25) is 0 Å². The molecule has 0 saturated heterocycles. The van der Waals surface area contributed by atoms with Crippen molar-refractivity contribution in [2.24, 2.45) is 5.92 Å². The van der Waals surface area contributed by atoms with Crippen LogP contribution in [0.15, 0.2) is 54.9 Å². The van der Waals surface area contributed by atoms with Crippen molar-refractivity contribution in [3.63, 3.8) is 0 Å². The Morgan fingerprint density at radius 1 is 1.19 bits per heavy atom. The maximum atomic E-state index is 13.1. The Labute approximate surface area is 152 Å². The summed E-state index contributed by atoms with van der Waals surface area (Å²) in [5.74, 6) is 1.18. The Kier molecular flexibility index (Phi) is 3.86. The normalized spacial score (nSPS) is 23.2. The second kappa shape index (κ2) is 6.36. The van der Waals surface area contributed by atoms with E-state index >= 15 is 0 Å². The largest absolute Gasteiger partial charge is 0.346 e. The minimum atomic E-state index is -0.146. The number of hydrogen-bond donors (Lipinski definition) is 1. The van der Waals surface area contributed by atoms with Crippen molar-refractivity contribution in [1.82, 2.24) is 14.9 Å². The lowest BCUT2D eigenvalue weighted by Crippen LogP contribution is -2.30.